The molecule has 0 aliphatic heterocycles. The Bertz CT molecular complexity index is 587. The van der Waals surface area contributed by atoms with Crippen LogP contribution in [-0.4, -0.2) is 12.1 Å². The van der Waals surface area contributed by atoms with Crippen molar-refractivity contribution in [1.29, 1.82) is 5.26 Å². The average Bonchev–Trinajstić information content (AvgIpc) is 2.38. The summed E-state index contributed by atoms with van der Waals surface area (Å²) < 4.78 is 40.9. The van der Waals surface area contributed by atoms with Crippen LogP contribution in [0.4, 0.5) is 13.2 Å². The Morgan fingerprint density at radius 2 is 1.90 bits per heavy atom. The molecule has 0 saturated carbocycles. The molecule has 2 unspecified atom stereocenters. The Labute approximate surface area is 113 Å². The van der Waals surface area contributed by atoms with Crippen LogP contribution >= 0.6 is 0 Å². The van der Waals surface area contributed by atoms with Crippen LogP contribution in [0, 0.1) is 17.2 Å². The SMILES string of the molecule is N#CC1C=C(c2ccccc2)C=CC1(N)OC(F)(F)F. The van der Waals surface area contributed by atoms with Crippen LogP contribution < -0.4 is 5.73 Å². The molecule has 0 amide bonds. The van der Waals surface area contributed by atoms with E-state index in [1.807, 2.05) is 6.07 Å². The number of nitrogens with zero attached hydrogens (tertiary/aromatic N) is 1. The minimum absolute atomic E-state index is 0.629. The maximum absolute atomic E-state index is 12.3. The summed E-state index contributed by atoms with van der Waals surface area (Å²) >= 11 is 0. The van der Waals surface area contributed by atoms with Gasteiger partial charge in [-0.2, -0.15) is 5.26 Å². The molecule has 104 valence electrons. The number of halogens is 3. The maximum Gasteiger partial charge on any atom is 0.524 e. The van der Waals surface area contributed by atoms with E-state index in [0.29, 0.717) is 5.57 Å². The number of hydrogen-bond acceptors (Lipinski definition) is 3. The van der Waals surface area contributed by atoms with E-state index in [2.05, 4.69) is 4.74 Å². The molecule has 0 spiro atoms. The third-order valence-corrected chi connectivity index (χ3v) is 2.89. The highest BCUT2D eigenvalue weighted by molar-refractivity contribution is 5.76. The van der Waals surface area contributed by atoms with Gasteiger partial charge in [0.1, 0.15) is 5.92 Å². The van der Waals surface area contributed by atoms with E-state index in [9.17, 15) is 13.2 Å². The van der Waals surface area contributed by atoms with Crippen molar-refractivity contribution >= 4 is 5.57 Å². The van der Waals surface area contributed by atoms with Crippen molar-refractivity contribution in [3.8, 4) is 6.07 Å². The molecular weight excluding hydrogens is 269 g/mol. The molecule has 2 rings (SSSR count). The van der Waals surface area contributed by atoms with E-state index in [1.165, 1.54) is 12.2 Å². The zero-order chi connectivity index (χ0) is 14.8. The van der Waals surface area contributed by atoms with Gasteiger partial charge in [-0.15, -0.1) is 13.2 Å². The molecule has 6 heteroatoms. The third-order valence-electron chi connectivity index (χ3n) is 2.89. The fraction of sp³-hybridized carbons (Fsp3) is 0.214. The number of allylic oxidation sites excluding steroid dienone is 2. The summed E-state index contributed by atoms with van der Waals surface area (Å²) in [4.78, 5) is 0. The standard InChI is InChI=1S/C14H11F3N2O/c15-14(16,17)20-13(19)7-6-11(8-12(13)9-18)10-4-2-1-3-5-10/h1-8,12H,19H2. The summed E-state index contributed by atoms with van der Waals surface area (Å²) in [6, 6.07) is 10.7. The monoisotopic (exact) mass is 280 g/mol. The van der Waals surface area contributed by atoms with E-state index in [4.69, 9.17) is 11.0 Å². The van der Waals surface area contributed by atoms with Gasteiger partial charge in [-0.1, -0.05) is 42.5 Å². The lowest BCUT2D eigenvalue weighted by molar-refractivity contribution is -0.361. The van der Waals surface area contributed by atoms with E-state index < -0.39 is 18.0 Å². The van der Waals surface area contributed by atoms with Crippen LogP contribution in [0.5, 0.6) is 0 Å². The van der Waals surface area contributed by atoms with Crippen LogP contribution in [0.2, 0.25) is 0 Å². The van der Waals surface area contributed by atoms with Crippen molar-refractivity contribution in [2.45, 2.75) is 12.1 Å². The lowest BCUT2D eigenvalue weighted by atomic mass is 9.87. The number of ether oxygens (including phenoxy) is 1. The molecule has 20 heavy (non-hydrogen) atoms. The normalized spacial score (nSPS) is 25.9. The highest BCUT2D eigenvalue weighted by Gasteiger charge is 2.45. The lowest BCUT2D eigenvalue weighted by Gasteiger charge is -2.32. The predicted octanol–water partition coefficient (Wildman–Crippen LogP) is 2.97. The van der Waals surface area contributed by atoms with E-state index in [1.54, 1.807) is 30.3 Å². The predicted molar refractivity (Wildman–Crippen MR) is 66.7 cm³/mol. The molecule has 0 aromatic heterocycles. The van der Waals surface area contributed by atoms with Crippen molar-refractivity contribution in [2.24, 2.45) is 11.7 Å². The number of rotatable bonds is 2. The molecule has 0 saturated heterocycles. The molecule has 1 aromatic rings. The van der Waals surface area contributed by atoms with E-state index in [-0.39, 0.29) is 0 Å². The molecule has 1 aliphatic carbocycles. The second kappa shape index (κ2) is 5.12. The van der Waals surface area contributed by atoms with Gasteiger partial charge >= 0.3 is 6.36 Å². The van der Waals surface area contributed by atoms with Crippen LogP contribution in [0.25, 0.3) is 5.57 Å². The topological polar surface area (TPSA) is 59.0 Å². The van der Waals surface area contributed by atoms with Gasteiger partial charge in [0.15, 0.2) is 5.72 Å². The summed E-state index contributed by atoms with van der Waals surface area (Å²) in [6.07, 6.45) is -1.04. The molecule has 0 fully saturated rings. The van der Waals surface area contributed by atoms with Crippen LogP contribution in [0.15, 0.2) is 48.6 Å². The molecule has 2 atom stereocenters. The summed E-state index contributed by atoms with van der Waals surface area (Å²) in [7, 11) is 0. The Morgan fingerprint density at radius 1 is 1.25 bits per heavy atom. The highest BCUT2D eigenvalue weighted by atomic mass is 19.4. The Kier molecular flexibility index (Phi) is 3.66. The van der Waals surface area contributed by atoms with Gasteiger partial charge in [0.25, 0.3) is 0 Å². The van der Waals surface area contributed by atoms with Gasteiger partial charge in [-0.05, 0) is 17.2 Å². The fourth-order valence-corrected chi connectivity index (χ4v) is 1.95. The van der Waals surface area contributed by atoms with Gasteiger partial charge in [-0.25, -0.2) is 0 Å². The molecule has 0 radical (unpaired) electrons. The number of benzene rings is 1. The second-order valence-electron chi connectivity index (χ2n) is 4.33. The van der Waals surface area contributed by atoms with Gasteiger partial charge in [0, 0.05) is 0 Å². The summed E-state index contributed by atoms with van der Waals surface area (Å²) in [6.45, 7) is 0. The molecule has 3 nitrogen and oxygen atoms in total. The van der Waals surface area contributed by atoms with Crippen LogP contribution in [-0.2, 0) is 4.74 Å². The Hall–Kier alpha value is -2.10. The lowest BCUT2D eigenvalue weighted by Crippen LogP contribution is -2.51. The first kappa shape index (κ1) is 14.3. The minimum Gasteiger partial charge on any atom is -0.298 e. The van der Waals surface area contributed by atoms with Gasteiger partial charge in [-0.3, -0.25) is 10.5 Å². The number of hydrogen-bond donors (Lipinski definition) is 1. The molecule has 2 N–H and O–H groups in total. The zero-order valence-electron chi connectivity index (χ0n) is 10.3. The number of alkyl halides is 3. The first-order chi connectivity index (χ1) is 9.34. The van der Waals surface area contributed by atoms with Crippen molar-refractivity contribution in [3.63, 3.8) is 0 Å². The van der Waals surface area contributed by atoms with Crippen molar-refractivity contribution in [3.05, 3.63) is 54.1 Å². The van der Waals surface area contributed by atoms with Crippen LogP contribution in [0.3, 0.4) is 0 Å². The third kappa shape index (κ3) is 3.07. The molecule has 0 bridgehead atoms. The maximum atomic E-state index is 12.3. The second-order valence-corrected chi connectivity index (χ2v) is 4.33. The number of nitriles is 1. The highest BCUT2D eigenvalue weighted by Crippen LogP contribution is 2.34. The summed E-state index contributed by atoms with van der Waals surface area (Å²) in [5.74, 6) is -1.23. The average molecular weight is 280 g/mol. The zero-order valence-corrected chi connectivity index (χ0v) is 10.3. The van der Waals surface area contributed by atoms with Gasteiger partial charge in [0.05, 0.1) is 6.07 Å². The summed E-state index contributed by atoms with van der Waals surface area (Å²) in [5, 5.41) is 9.03. The van der Waals surface area contributed by atoms with Gasteiger partial charge < -0.3 is 0 Å². The van der Waals surface area contributed by atoms with E-state index in [0.717, 1.165) is 11.6 Å². The smallest absolute Gasteiger partial charge is 0.298 e. The van der Waals surface area contributed by atoms with Gasteiger partial charge in [0.2, 0.25) is 0 Å². The fourth-order valence-electron chi connectivity index (χ4n) is 1.95. The Morgan fingerprint density at radius 3 is 2.45 bits per heavy atom. The van der Waals surface area contributed by atoms with Crippen molar-refractivity contribution < 1.29 is 17.9 Å². The first-order valence-corrected chi connectivity index (χ1v) is 5.76. The molecular formula is C14H11F3N2O. The van der Waals surface area contributed by atoms with E-state index >= 15 is 0 Å². The first-order valence-electron chi connectivity index (χ1n) is 5.76. The quantitative estimate of drug-likeness (QED) is 0.847. The Balaban J connectivity index is 2.32. The van der Waals surface area contributed by atoms with Crippen LogP contribution in [0.1, 0.15) is 5.56 Å². The molecule has 0 heterocycles. The minimum atomic E-state index is -4.91. The molecule has 1 aliphatic rings. The van der Waals surface area contributed by atoms with Crippen molar-refractivity contribution in [2.75, 3.05) is 0 Å². The largest absolute Gasteiger partial charge is 0.524 e. The summed E-state index contributed by atoms with van der Waals surface area (Å²) in [5.41, 5.74) is 4.76. The van der Waals surface area contributed by atoms with Crippen molar-refractivity contribution in [1.82, 2.24) is 0 Å². The molecule has 1 aromatic carbocycles. The number of nitrogens with two attached hydrogens (primary N) is 1.